The molecule has 1 aliphatic carbocycles. The molecule has 0 amide bonds. The number of benzene rings is 1. The number of nitrogens with zero attached hydrogens (tertiary/aromatic N) is 1. The van der Waals surface area contributed by atoms with Crippen molar-refractivity contribution in [2.75, 3.05) is 12.9 Å². The van der Waals surface area contributed by atoms with Gasteiger partial charge in [0.1, 0.15) is 7.11 Å². The first kappa shape index (κ1) is 12.2. The van der Waals surface area contributed by atoms with E-state index in [4.69, 9.17) is 4.84 Å². The SMILES string of the molecule is CON=C1CCc2cc(C3SC=CCS3)ccc21. The van der Waals surface area contributed by atoms with Gasteiger partial charge in [0.2, 0.25) is 0 Å². The van der Waals surface area contributed by atoms with Crippen LogP contribution in [0.2, 0.25) is 0 Å². The zero-order chi connectivity index (χ0) is 12.4. The molecule has 0 bridgehead atoms. The molecule has 1 atom stereocenters. The molecule has 0 spiro atoms. The van der Waals surface area contributed by atoms with E-state index in [1.165, 1.54) is 16.7 Å². The van der Waals surface area contributed by atoms with Crippen LogP contribution in [-0.2, 0) is 11.3 Å². The van der Waals surface area contributed by atoms with Crippen molar-refractivity contribution in [1.29, 1.82) is 0 Å². The fraction of sp³-hybridized carbons (Fsp3) is 0.357. The summed E-state index contributed by atoms with van der Waals surface area (Å²) in [6.45, 7) is 0. The molecule has 1 aromatic carbocycles. The molecule has 4 heteroatoms. The highest BCUT2D eigenvalue weighted by Crippen LogP contribution is 2.43. The smallest absolute Gasteiger partial charge is 0.106 e. The lowest BCUT2D eigenvalue weighted by molar-refractivity contribution is 0.213. The van der Waals surface area contributed by atoms with Crippen LogP contribution in [0.3, 0.4) is 0 Å². The molecule has 0 saturated heterocycles. The summed E-state index contributed by atoms with van der Waals surface area (Å²) >= 11 is 3.89. The van der Waals surface area contributed by atoms with Gasteiger partial charge in [0.15, 0.2) is 0 Å². The molecule has 3 rings (SSSR count). The molecule has 0 saturated carbocycles. The molecule has 1 unspecified atom stereocenters. The Balaban J connectivity index is 1.88. The molecule has 1 aliphatic heterocycles. The number of hydrogen-bond donors (Lipinski definition) is 0. The van der Waals surface area contributed by atoms with Crippen LogP contribution in [0.4, 0.5) is 0 Å². The van der Waals surface area contributed by atoms with Crippen molar-refractivity contribution in [2.24, 2.45) is 5.16 Å². The predicted molar refractivity (Wildman–Crippen MR) is 80.2 cm³/mol. The van der Waals surface area contributed by atoms with E-state index in [9.17, 15) is 0 Å². The summed E-state index contributed by atoms with van der Waals surface area (Å²) in [5.41, 5.74) is 5.19. The molecular weight excluding hydrogens is 262 g/mol. The Kier molecular flexibility index (Phi) is 3.66. The number of aryl methyl sites for hydroxylation is 1. The van der Waals surface area contributed by atoms with E-state index in [0.717, 1.165) is 24.3 Å². The average Bonchev–Trinajstić information content (AvgIpc) is 2.83. The molecule has 94 valence electrons. The van der Waals surface area contributed by atoms with E-state index in [0.29, 0.717) is 4.58 Å². The minimum absolute atomic E-state index is 0.545. The van der Waals surface area contributed by atoms with Crippen molar-refractivity contribution < 1.29 is 4.84 Å². The van der Waals surface area contributed by atoms with Gasteiger partial charge < -0.3 is 4.84 Å². The highest BCUT2D eigenvalue weighted by atomic mass is 32.2. The zero-order valence-corrected chi connectivity index (χ0v) is 11.9. The van der Waals surface area contributed by atoms with E-state index in [2.05, 4.69) is 34.8 Å². The van der Waals surface area contributed by atoms with Gasteiger partial charge in [0.05, 0.1) is 10.3 Å². The van der Waals surface area contributed by atoms with Crippen LogP contribution in [0.1, 0.15) is 27.7 Å². The van der Waals surface area contributed by atoms with Crippen LogP contribution >= 0.6 is 23.5 Å². The van der Waals surface area contributed by atoms with E-state index in [1.54, 1.807) is 7.11 Å². The number of oxime groups is 1. The molecular formula is C14H15NOS2. The zero-order valence-electron chi connectivity index (χ0n) is 10.3. The lowest BCUT2D eigenvalue weighted by Crippen LogP contribution is -1.97. The van der Waals surface area contributed by atoms with Crippen LogP contribution < -0.4 is 0 Å². The first-order valence-electron chi connectivity index (χ1n) is 6.04. The summed E-state index contributed by atoms with van der Waals surface area (Å²) in [4.78, 5) is 4.90. The van der Waals surface area contributed by atoms with Gasteiger partial charge in [-0.3, -0.25) is 0 Å². The number of rotatable bonds is 2. The van der Waals surface area contributed by atoms with Crippen LogP contribution in [-0.4, -0.2) is 18.6 Å². The standard InChI is InChI=1S/C14H15NOS2/c1-16-15-13-6-4-10-9-11(3-5-12(10)13)14-17-7-2-8-18-14/h2-3,5,7,9,14H,4,6,8H2,1H3. The van der Waals surface area contributed by atoms with E-state index >= 15 is 0 Å². The van der Waals surface area contributed by atoms with Gasteiger partial charge >= 0.3 is 0 Å². The van der Waals surface area contributed by atoms with Crippen molar-refractivity contribution in [1.82, 2.24) is 0 Å². The Bertz CT molecular complexity index is 511. The maximum Gasteiger partial charge on any atom is 0.106 e. The van der Waals surface area contributed by atoms with Gasteiger partial charge in [-0.05, 0) is 29.4 Å². The quantitative estimate of drug-likeness (QED) is 0.763. The third-order valence-corrected chi connectivity index (χ3v) is 5.76. The van der Waals surface area contributed by atoms with Gasteiger partial charge in [0.25, 0.3) is 0 Å². The second kappa shape index (κ2) is 5.41. The topological polar surface area (TPSA) is 21.6 Å². The van der Waals surface area contributed by atoms with Crippen molar-refractivity contribution in [2.45, 2.75) is 17.4 Å². The van der Waals surface area contributed by atoms with Crippen LogP contribution in [0.15, 0.2) is 34.8 Å². The van der Waals surface area contributed by atoms with Crippen molar-refractivity contribution in [3.8, 4) is 0 Å². The maximum absolute atomic E-state index is 4.90. The van der Waals surface area contributed by atoms with E-state index in [1.807, 2.05) is 23.5 Å². The molecule has 0 aromatic heterocycles. The van der Waals surface area contributed by atoms with E-state index in [-0.39, 0.29) is 0 Å². The molecule has 2 aliphatic rings. The minimum atomic E-state index is 0.545. The summed E-state index contributed by atoms with van der Waals surface area (Å²) in [5, 5.41) is 6.32. The Morgan fingerprint density at radius 1 is 1.33 bits per heavy atom. The Morgan fingerprint density at radius 2 is 2.28 bits per heavy atom. The summed E-state index contributed by atoms with van der Waals surface area (Å²) in [6.07, 6.45) is 4.31. The molecule has 2 nitrogen and oxygen atoms in total. The molecule has 1 aromatic rings. The lowest BCUT2D eigenvalue weighted by Gasteiger charge is -2.17. The van der Waals surface area contributed by atoms with Crippen molar-refractivity contribution in [3.05, 3.63) is 46.4 Å². The third kappa shape index (κ3) is 2.31. The summed E-state index contributed by atoms with van der Waals surface area (Å²) < 4.78 is 0.545. The number of hydrogen-bond acceptors (Lipinski definition) is 4. The second-order valence-electron chi connectivity index (χ2n) is 4.31. The predicted octanol–water partition coefficient (Wildman–Crippen LogP) is 3.98. The van der Waals surface area contributed by atoms with Crippen LogP contribution in [0.5, 0.6) is 0 Å². The summed E-state index contributed by atoms with van der Waals surface area (Å²) in [5.74, 6) is 1.12. The highest BCUT2D eigenvalue weighted by molar-refractivity contribution is 8.18. The first-order valence-corrected chi connectivity index (χ1v) is 8.03. The summed E-state index contributed by atoms with van der Waals surface area (Å²) in [7, 11) is 1.61. The average molecular weight is 277 g/mol. The van der Waals surface area contributed by atoms with Gasteiger partial charge in [-0.1, -0.05) is 29.4 Å². The second-order valence-corrected chi connectivity index (χ2v) is 6.76. The fourth-order valence-corrected chi connectivity index (χ4v) is 4.60. The van der Waals surface area contributed by atoms with Gasteiger partial charge in [-0.25, -0.2) is 0 Å². The molecule has 0 fully saturated rings. The van der Waals surface area contributed by atoms with Gasteiger partial charge in [-0.15, -0.1) is 23.5 Å². The molecule has 18 heavy (non-hydrogen) atoms. The van der Waals surface area contributed by atoms with Crippen molar-refractivity contribution >= 4 is 29.2 Å². The monoisotopic (exact) mass is 277 g/mol. The molecule has 0 N–H and O–H groups in total. The van der Waals surface area contributed by atoms with Crippen LogP contribution in [0, 0.1) is 0 Å². The third-order valence-electron chi connectivity index (χ3n) is 3.19. The summed E-state index contributed by atoms with van der Waals surface area (Å²) in [6, 6.07) is 6.78. The Labute approximate surface area is 116 Å². The number of fused-ring (bicyclic) bond motifs is 1. The largest absolute Gasteiger partial charge is 0.399 e. The highest BCUT2D eigenvalue weighted by Gasteiger charge is 2.21. The van der Waals surface area contributed by atoms with E-state index < -0.39 is 0 Å². The van der Waals surface area contributed by atoms with Gasteiger partial charge in [-0.2, -0.15) is 0 Å². The van der Waals surface area contributed by atoms with Gasteiger partial charge in [0, 0.05) is 11.3 Å². The lowest BCUT2D eigenvalue weighted by atomic mass is 10.1. The van der Waals surface area contributed by atoms with Crippen molar-refractivity contribution in [3.63, 3.8) is 0 Å². The number of thioether (sulfide) groups is 2. The first-order chi connectivity index (χ1) is 8.88. The maximum atomic E-state index is 4.90. The molecule has 0 radical (unpaired) electrons. The minimum Gasteiger partial charge on any atom is -0.399 e. The van der Waals surface area contributed by atoms with Crippen LogP contribution in [0.25, 0.3) is 0 Å². The Hall–Kier alpha value is -0.870. The normalized spacial score (nSPS) is 24.3. The molecule has 1 heterocycles. The fourth-order valence-electron chi connectivity index (χ4n) is 2.36. The Morgan fingerprint density at radius 3 is 3.06 bits per heavy atom.